The van der Waals surface area contributed by atoms with E-state index < -0.39 is 0 Å². The van der Waals surface area contributed by atoms with Crippen LogP contribution in [-0.4, -0.2) is 27.7 Å². The summed E-state index contributed by atoms with van der Waals surface area (Å²) in [6, 6.07) is 4.56. The van der Waals surface area contributed by atoms with Crippen LogP contribution in [0.3, 0.4) is 0 Å². The summed E-state index contributed by atoms with van der Waals surface area (Å²) in [4.78, 5) is 34.8. The number of aromatic hydroxyl groups is 2. The molecule has 0 unspecified atom stereocenters. The second-order valence-electron chi connectivity index (χ2n) is 5.66. The van der Waals surface area contributed by atoms with E-state index >= 15 is 0 Å². The monoisotopic (exact) mass is 329 g/mol. The van der Waals surface area contributed by atoms with E-state index in [9.17, 15) is 24.6 Å². The summed E-state index contributed by atoms with van der Waals surface area (Å²) in [6.45, 7) is 1.62. The molecule has 0 aromatic heterocycles. The van der Waals surface area contributed by atoms with Crippen molar-refractivity contribution < 1.29 is 24.6 Å². The van der Waals surface area contributed by atoms with Crippen molar-refractivity contribution >= 4 is 17.5 Å². The molecule has 0 atom stereocenters. The molecule has 1 heterocycles. The molecule has 0 aliphatic carbocycles. The molecule has 0 spiro atoms. The number of Topliss-reactive ketones (excluding diaryl/α,β-unsaturated/α-hetero) is 1. The lowest BCUT2D eigenvalue weighted by Crippen LogP contribution is -2.31. The lowest BCUT2D eigenvalue weighted by atomic mass is 10.0. The van der Waals surface area contributed by atoms with E-state index in [1.165, 1.54) is 24.3 Å². The van der Waals surface area contributed by atoms with Crippen LogP contribution in [0.15, 0.2) is 41.6 Å². The van der Waals surface area contributed by atoms with E-state index in [1.807, 2.05) is 0 Å². The second-order valence-corrected chi connectivity index (χ2v) is 5.66. The van der Waals surface area contributed by atoms with E-state index in [1.54, 1.807) is 13.0 Å². The molecule has 0 saturated carbocycles. The molecule has 1 aromatic carbocycles. The summed E-state index contributed by atoms with van der Waals surface area (Å²) < 4.78 is 0. The number of aryl methyl sites for hydroxylation is 1. The van der Waals surface area contributed by atoms with Crippen LogP contribution in [0.5, 0.6) is 11.5 Å². The molecule has 2 rings (SSSR count). The van der Waals surface area contributed by atoms with Crippen molar-refractivity contribution in [3.63, 3.8) is 0 Å². The molecule has 3 N–H and O–H groups in total. The van der Waals surface area contributed by atoms with E-state index in [-0.39, 0.29) is 35.4 Å². The maximum atomic E-state index is 11.9. The molecule has 0 bridgehead atoms. The average Bonchev–Trinajstić information content (AvgIpc) is 2.49. The topological polar surface area (TPSA) is 104 Å². The molecule has 126 valence electrons. The zero-order valence-electron chi connectivity index (χ0n) is 13.3. The highest BCUT2D eigenvalue weighted by atomic mass is 16.3. The van der Waals surface area contributed by atoms with Gasteiger partial charge in [0.05, 0.1) is 6.42 Å². The van der Waals surface area contributed by atoms with Crippen molar-refractivity contribution in [1.29, 1.82) is 0 Å². The quantitative estimate of drug-likeness (QED) is 0.420. The summed E-state index contributed by atoms with van der Waals surface area (Å²) in [6.07, 6.45) is 4.06. The minimum atomic E-state index is -0.335. The Bertz CT molecular complexity index is 746. The van der Waals surface area contributed by atoms with Gasteiger partial charge in [-0.05, 0) is 49.6 Å². The molecule has 24 heavy (non-hydrogen) atoms. The molecular formula is C18H19NO5. The fourth-order valence-electron chi connectivity index (χ4n) is 2.44. The molecule has 0 fully saturated rings. The molecule has 0 saturated heterocycles. The fourth-order valence-corrected chi connectivity index (χ4v) is 2.44. The SMILES string of the molecule is CC1=C(/C=C/C(=O)CCCc2ccc(O)c(O)c2)C(=O)CC(=O)N1. The largest absolute Gasteiger partial charge is 0.504 e. The minimum absolute atomic E-state index is 0.122. The Morgan fingerprint density at radius 2 is 2.00 bits per heavy atom. The van der Waals surface area contributed by atoms with Gasteiger partial charge in [-0.2, -0.15) is 0 Å². The number of allylic oxidation sites excluding steroid dienone is 4. The minimum Gasteiger partial charge on any atom is -0.504 e. The van der Waals surface area contributed by atoms with Crippen LogP contribution < -0.4 is 5.32 Å². The van der Waals surface area contributed by atoms with Gasteiger partial charge in [0.25, 0.3) is 0 Å². The van der Waals surface area contributed by atoms with Gasteiger partial charge in [-0.3, -0.25) is 14.4 Å². The number of phenols is 2. The van der Waals surface area contributed by atoms with E-state index in [2.05, 4.69) is 5.32 Å². The maximum absolute atomic E-state index is 11.9. The van der Waals surface area contributed by atoms with Gasteiger partial charge in [-0.1, -0.05) is 6.07 Å². The number of carbonyl (C=O) groups is 3. The Kier molecular flexibility index (Phi) is 5.52. The highest BCUT2D eigenvalue weighted by Crippen LogP contribution is 2.25. The summed E-state index contributed by atoms with van der Waals surface area (Å²) in [5.41, 5.74) is 1.64. The van der Waals surface area contributed by atoms with Crippen LogP contribution in [0.1, 0.15) is 31.7 Å². The Morgan fingerprint density at radius 1 is 1.25 bits per heavy atom. The first-order valence-electron chi connectivity index (χ1n) is 7.62. The van der Waals surface area contributed by atoms with Gasteiger partial charge in [-0.15, -0.1) is 0 Å². The maximum Gasteiger partial charge on any atom is 0.231 e. The Labute approximate surface area is 139 Å². The van der Waals surface area contributed by atoms with E-state index in [0.717, 1.165) is 5.56 Å². The average molecular weight is 329 g/mol. The van der Waals surface area contributed by atoms with E-state index in [0.29, 0.717) is 30.5 Å². The number of phenolic OH excluding ortho intramolecular Hbond substituents is 2. The Morgan fingerprint density at radius 3 is 2.67 bits per heavy atom. The lowest BCUT2D eigenvalue weighted by molar-refractivity contribution is -0.127. The van der Waals surface area contributed by atoms with E-state index in [4.69, 9.17) is 0 Å². The fraction of sp³-hybridized carbons (Fsp3) is 0.278. The van der Waals surface area contributed by atoms with Gasteiger partial charge in [0, 0.05) is 17.7 Å². The second kappa shape index (κ2) is 7.59. The van der Waals surface area contributed by atoms with Crippen molar-refractivity contribution in [1.82, 2.24) is 5.32 Å². The molecule has 1 aromatic rings. The van der Waals surface area contributed by atoms with Crippen LogP contribution in [-0.2, 0) is 20.8 Å². The molecule has 6 nitrogen and oxygen atoms in total. The van der Waals surface area contributed by atoms with Crippen molar-refractivity contribution in [3.05, 3.63) is 47.2 Å². The number of benzene rings is 1. The van der Waals surface area contributed by atoms with Crippen molar-refractivity contribution in [3.8, 4) is 11.5 Å². The highest BCUT2D eigenvalue weighted by molar-refractivity contribution is 6.12. The number of nitrogens with one attached hydrogen (secondary N) is 1. The number of rotatable bonds is 6. The zero-order chi connectivity index (χ0) is 17.7. The summed E-state index contributed by atoms with van der Waals surface area (Å²) in [5.74, 6) is -1.11. The van der Waals surface area contributed by atoms with Crippen molar-refractivity contribution in [2.24, 2.45) is 0 Å². The van der Waals surface area contributed by atoms with Gasteiger partial charge in [0.15, 0.2) is 23.1 Å². The van der Waals surface area contributed by atoms with Crippen LogP contribution in [0.25, 0.3) is 0 Å². The highest BCUT2D eigenvalue weighted by Gasteiger charge is 2.21. The van der Waals surface area contributed by atoms with Gasteiger partial charge < -0.3 is 15.5 Å². The standard InChI is InChI=1S/C18H19NO5/c1-11-14(16(22)10-18(24)19-11)7-6-13(20)4-2-3-12-5-8-15(21)17(23)9-12/h5-9,21,23H,2-4,10H2,1H3,(H,19,24)/b7-6+. The zero-order valence-corrected chi connectivity index (χ0v) is 13.3. The van der Waals surface area contributed by atoms with Crippen molar-refractivity contribution in [2.45, 2.75) is 32.6 Å². The van der Waals surface area contributed by atoms with Crippen LogP contribution in [0.2, 0.25) is 0 Å². The first-order valence-corrected chi connectivity index (χ1v) is 7.62. The third-order valence-corrected chi connectivity index (χ3v) is 3.72. The molecule has 0 radical (unpaired) electrons. The lowest BCUT2D eigenvalue weighted by Gasteiger charge is -2.14. The van der Waals surface area contributed by atoms with Gasteiger partial charge in [-0.25, -0.2) is 0 Å². The molecule has 6 heteroatoms. The number of ketones is 2. The predicted molar refractivity (Wildman–Crippen MR) is 87.3 cm³/mol. The first-order chi connectivity index (χ1) is 11.4. The van der Waals surface area contributed by atoms with Gasteiger partial charge >= 0.3 is 0 Å². The molecular weight excluding hydrogens is 310 g/mol. The van der Waals surface area contributed by atoms with Crippen LogP contribution in [0, 0.1) is 0 Å². The molecule has 1 amide bonds. The first kappa shape index (κ1) is 17.5. The Balaban J connectivity index is 1.87. The smallest absolute Gasteiger partial charge is 0.231 e. The van der Waals surface area contributed by atoms with Crippen LogP contribution in [0.4, 0.5) is 0 Å². The number of hydrogen-bond acceptors (Lipinski definition) is 5. The van der Waals surface area contributed by atoms with Gasteiger partial charge in [0.2, 0.25) is 5.91 Å². The number of hydrogen-bond donors (Lipinski definition) is 3. The summed E-state index contributed by atoms with van der Waals surface area (Å²) in [5, 5.41) is 21.2. The summed E-state index contributed by atoms with van der Waals surface area (Å²) in [7, 11) is 0. The number of carbonyl (C=O) groups excluding carboxylic acids is 3. The summed E-state index contributed by atoms with van der Waals surface area (Å²) >= 11 is 0. The third kappa shape index (κ3) is 4.55. The van der Waals surface area contributed by atoms with Crippen molar-refractivity contribution in [2.75, 3.05) is 0 Å². The van der Waals surface area contributed by atoms with Gasteiger partial charge in [0.1, 0.15) is 0 Å². The predicted octanol–water partition coefficient (Wildman–Crippen LogP) is 1.91. The normalized spacial score (nSPS) is 15.0. The number of amides is 1. The molecule has 1 aliphatic heterocycles. The third-order valence-electron chi connectivity index (χ3n) is 3.72. The Hall–Kier alpha value is -2.89. The van der Waals surface area contributed by atoms with Crippen LogP contribution >= 0.6 is 0 Å². The molecule has 1 aliphatic rings.